The molecule has 0 amide bonds. The van der Waals surface area contributed by atoms with Crippen molar-refractivity contribution in [2.75, 3.05) is 12.9 Å². The Balaban J connectivity index is 1.55. The molecule has 1 fully saturated rings. The second kappa shape index (κ2) is 11.1. The summed E-state index contributed by atoms with van der Waals surface area (Å²) in [6, 6.07) is 30.4. The third kappa shape index (κ3) is 5.79. The lowest BCUT2D eigenvalue weighted by Crippen LogP contribution is -2.39. The third-order valence-corrected chi connectivity index (χ3v) is 7.24. The first kappa shape index (κ1) is 26.8. The molecule has 1 N–H and O–H groups in total. The molecule has 3 atom stereocenters. The smallest absolute Gasteiger partial charge is 0.330 e. The monoisotopic (exact) mass is 548 g/mol. The summed E-state index contributed by atoms with van der Waals surface area (Å²) in [5.41, 5.74) is 0.337. The fourth-order valence-corrected chi connectivity index (χ4v) is 5.63. The molecule has 1 unspecified atom stereocenters. The van der Waals surface area contributed by atoms with Crippen molar-refractivity contribution >= 4 is 10.1 Å². The number of nitrogens with one attached hydrogen (secondary N) is 1. The fourth-order valence-electron chi connectivity index (χ4n) is 4.98. The van der Waals surface area contributed by atoms with Crippen LogP contribution in [-0.4, -0.2) is 43.0 Å². The van der Waals surface area contributed by atoms with E-state index in [2.05, 4.69) is 4.98 Å². The maximum atomic E-state index is 12.4. The number of benzene rings is 3. The number of ether oxygens (including phenoxy) is 2. The molecular formula is C29H28N2O7S. The van der Waals surface area contributed by atoms with Crippen LogP contribution in [0.1, 0.15) is 29.3 Å². The number of aromatic nitrogens is 2. The van der Waals surface area contributed by atoms with E-state index in [0.717, 1.165) is 22.9 Å². The van der Waals surface area contributed by atoms with E-state index in [9.17, 15) is 18.0 Å². The van der Waals surface area contributed by atoms with E-state index in [-0.39, 0.29) is 13.0 Å². The van der Waals surface area contributed by atoms with Gasteiger partial charge >= 0.3 is 5.69 Å². The number of nitrogens with zero attached hydrogens (tertiary/aromatic N) is 1. The van der Waals surface area contributed by atoms with Crippen LogP contribution in [0.25, 0.3) is 0 Å². The Morgan fingerprint density at radius 3 is 1.85 bits per heavy atom. The predicted octanol–water partition coefficient (Wildman–Crippen LogP) is 3.18. The minimum Gasteiger partial charge on any atom is -0.358 e. The van der Waals surface area contributed by atoms with Crippen molar-refractivity contribution in [3.63, 3.8) is 0 Å². The molecular weight excluding hydrogens is 520 g/mol. The zero-order valence-electron chi connectivity index (χ0n) is 21.2. The molecule has 1 aliphatic rings. The molecule has 1 aromatic heterocycles. The van der Waals surface area contributed by atoms with Crippen LogP contribution < -0.4 is 11.2 Å². The van der Waals surface area contributed by atoms with Gasteiger partial charge in [-0.05, 0) is 16.7 Å². The van der Waals surface area contributed by atoms with E-state index in [1.165, 1.54) is 16.8 Å². The van der Waals surface area contributed by atoms with Gasteiger partial charge in [-0.2, -0.15) is 8.42 Å². The number of H-pyrrole nitrogens is 1. The summed E-state index contributed by atoms with van der Waals surface area (Å²) in [6.45, 7) is -0.0620. The van der Waals surface area contributed by atoms with E-state index in [4.69, 9.17) is 13.7 Å². The number of aromatic amines is 1. The van der Waals surface area contributed by atoms with Crippen LogP contribution in [0.3, 0.4) is 0 Å². The second-order valence-electron chi connectivity index (χ2n) is 9.31. The molecule has 2 heterocycles. The first-order chi connectivity index (χ1) is 18.8. The summed E-state index contributed by atoms with van der Waals surface area (Å²) < 4.78 is 43.8. The maximum Gasteiger partial charge on any atom is 0.330 e. The Kier molecular flexibility index (Phi) is 7.62. The number of rotatable bonds is 9. The highest BCUT2D eigenvalue weighted by Crippen LogP contribution is 2.42. The summed E-state index contributed by atoms with van der Waals surface area (Å²) in [5.74, 6) is 0. The lowest BCUT2D eigenvalue weighted by molar-refractivity contribution is -0.0910. The van der Waals surface area contributed by atoms with Crippen molar-refractivity contribution in [3.8, 4) is 0 Å². The van der Waals surface area contributed by atoms with Crippen molar-refractivity contribution in [2.45, 2.75) is 30.5 Å². The molecule has 9 nitrogen and oxygen atoms in total. The van der Waals surface area contributed by atoms with Crippen LogP contribution in [0.15, 0.2) is 113 Å². The highest BCUT2D eigenvalue weighted by atomic mass is 32.2. The molecule has 0 saturated carbocycles. The van der Waals surface area contributed by atoms with Gasteiger partial charge in [-0.3, -0.25) is 18.5 Å². The summed E-state index contributed by atoms with van der Waals surface area (Å²) in [5, 5.41) is 0. The molecule has 4 aromatic rings. The van der Waals surface area contributed by atoms with E-state index in [1.54, 1.807) is 0 Å². The van der Waals surface area contributed by atoms with Crippen molar-refractivity contribution in [2.24, 2.45) is 0 Å². The van der Waals surface area contributed by atoms with Gasteiger partial charge in [0.2, 0.25) is 0 Å². The Morgan fingerprint density at radius 1 is 0.872 bits per heavy atom. The molecule has 0 radical (unpaired) electrons. The van der Waals surface area contributed by atoms with E-state index < -0.39 is 45.4 Å². The van der Waals surface area contributed by atoms with Crippen molar-refractivity contribution in [1.29, 1.82) is 0 Å². The molecule has 5 rings (SSSR count). The summed E-state index contributed by atoms with van der Waals surface area (Å²) in [4.78, 5) is 26.2. The Labute approximate surface area is 225 Å². The number of hydrogen-bond donors (Lipinski definition) is 1. The molecule has 39 heavy (non-hydrogen) atoms. The molecule has 3 aromatic carbocycles. The summed E-state index contributed by atoms with van der Waals surface area (Å²) in [7, 11) is -3.85. The fraction of sp³-hybridized carbons (Fsp3) is 0.241. The van der Waals surface area contributed by atoms with Gasteiger partial charge in [0.1, 0.15) is 24.0 Å². The van der Waals surface area contributed by atoms with Gasteiger partial charge in [0.15, 0.2) is 0 Å². The summed E-state index contributed by atoms with van der Waals surface area (Å²) in [6.07, 6.45) is -0.305. The van der Waals surface area contributed by atoms with Gasteiger partial charge in [-0.15, -0.1) is 0 Å². The van der Waals surface area contributed by atoms with Gasteiger partial charge < -0.3 is 9.47 Å². The zero-order chi connectivity index (χ0) is 27.5. The Morgan fingerprint density at radius 2 is 1.38 bits per heavy atom. The number of hydrogen-bond acceptors (Lipinski definition) is 7. The maximum absolute atomic E-state index is 12.4. The van der Waals surface area contributed by atoms with E-state index in [1.807, 2.05) is 91.0 Å². The molecule has 0 aliphatic carbocycles. The van der Waals surface area contributed by atoms with Crippen LogP contribution in [0.5, 0.6) is 0 Å². The van der Waals surface area contributed by atoms with Gasteiger partial charge in [0, 0.05) is 18.7 Å². The topological polar surface area (TPSA) is 117 Å². The molecule has 10 heteroatoms. The van der Waals surface area contributed by atoms with Crippen molar-refractivity contribution in [1.82, 2.24) is 9.55 Å². The first-order valence-electron chi connectivity index (χ1n) is 12.4. The van der Waals surface area contributed by atoms with Crippen LogP contribution in [-0.2, 0) is 29.4 Å². The van der Waals surface area contributed by atoms with E-state index in [0.29, 0.717) is 0 Å². The largest absolute Gasteiger partial charge is 0.358 e. The zero-order valence-corrected chi connectivity index (χ0v) is 22.0. The van der Waals surface area contributed by atoms with Crippen LogP contribution in [0.4, 0.5) is 0 Å². The van der Waals surface area contributed by atoms with Crippen molar-refractivity contribution < 1.29 is 22.1 Å². The van der Waals surface area contributed by atoms with Gasteiger partial charge in [0.05, 0.1) is 12.9 Å². The highest BCUT2D eigenvalue weighted by molar-refractivity contribution is 7.86. The minimum atomic E-state index is -3.85. The van der Waals surface area contributed by atoms with Gasteiger partial charge in [-0.1, -0.05) is 91.0 Å². The normalized spacial score (nSPS) is 19.7. The Bertz CT molecular complexity index is 1520. The van der Waals surface area contributed by atoms with Crippen LogP contribution in [0.2, 0.25) is 0 Å². The molecule has 0 bridgehead atoms. The lowest BCUT2D eigenvalue weighted by Gasteiger charge is -2.37. The second-order valence-corrected chi connectivity index (χ2v) is 10.9. The van der Waals surface area contributed by atoms with Gasteiger partial charge in [-0.25, -0.2) is 4.79 Å². The summed E-state index contributed by atoms with van der Waals surface area (Å²) >= 11 is 0. The molecule has 0 spiro atoms. The van der Waals surface area contributed by atoms with Gasteiger partial charge in [0.25, 0.3) is 15.7 Å². The molecule has 1 saturated heterocycles. The average molecular weight is 549 g/mol. The first-order valence-corrected chi connectivity index (χ1v) is 14.2. The average Bonchev–Trinajstić information content (AvgIpc) is 3.31. The standard InChI is InChI=1S/C29H28N2O7S/c1-39(34,35)38-24-19-27(31-18-17-26(32)30-28(31)33)37-25(24)20-36-29(21-11-5-2-6-12-21,22-13-7-3-8-14-22)23-15-9-4-10-16-23/h2-18,24-25,27H,19-20H2,1H3,(H,30,32,33)/t24?,25-,27-/m0/s1. The SMILES string of the molecule is CS(=O)(=O)OC1C[C@@H](n2ccc(=O)[nH]c2=O)O[C@H]1COC(c1ccccc1)(c1ccccc1)c1ccccc1. The van der Waals surface area contributed by atoms with Crippen molar-refractivity contribution in [3.05, 3.63) is 141 Å². The minimum absolute atomic E-state index is 0.0576. The molecule has 202 valence electrons. The molecule has 1 aliphatic heterocycles. The van der Waals surface area contributed by atoms with E-state index >= 15 is 0 Å². The predicted molar refractivity (Wildman–Crippen MR) is 145 cm³/mol. The van der Waals surface area contributed by atoms with Crippen LogP contribution >= 0.6 is 0 Å². The highest BCUT2D eigenvalue weighted by Gasteiger charge is 2.43. The lowest BCUT2D eigenvalue weighted by atomic mass is 9.80. The third-order valence-electron chi connectivity index (χ3n) is 6.65. The Hall–Kier alpha value is -3.83. The quantitative estimate of drug-likeness (QED) is 0.252. The van der Waals surface area contributed by atoms with Crippen LogP contribution in [0, 0.1) is 0 Å².